The summed E-state index contributed by atoms with van der Waals surface area (Å²) in [6, 6.07) is 5.95. The van der Waals surface area contributed by atoms with Crippen molar-refractivity contribution in [2.24, 2.45) is 0 Å². The average molecular weight is 305 g/mol. The van der Waals surface area contributed by atoms with E-state index < -0.39 is 0 Å². The monoisotopic (exact) mass is 305 g/mol. The molecular formula is C15H16FN3OS. The SMILES string of the molecule is O=C(c1c[nH]c(=S)n1-c1ccc(F)cc1)N1CCCCC1. The van der Waals surface area contributed by atoms with E-state index in [-0.39, 0.29) is 11.7 Å². The smallest absolute Gasteiger partial charge is 0.272 e. The molecule has 1 aromatic heterocycles. The maximum atomic E-state index is 13.1. The van der Waals surface area contributed by atoms with Crippen molar-refractivity contribution in [2.75, 3.05) is 13.1 Å². The van der Waals surface area contributed by atoms with Gasteiger partial charge in [-0.25, -0.2) is 4.39 Å². The van der Waals surface area contributed by atoms with E-state index in [1.54, 1.807) is 22.9 Å². The normalized spacial score (nSPS) is 15.2. The molecule has 4 nitrogen and oxygen atoms in total. The molecule has 2 aromatic rings. The fourth-order valence-corrected chi connectivity index (χ4v) is 2.89. The molecule has 1 saturated heterocycles. The summed E-state index contributed by atoms with van der Waals surface area (Å²) in [7, 11) is 0. The number of hydrogen-bond acceptors (Lipinski definition) is 2. The molecule has 6 heteroatoms. The molecule has 0 spiro atoms. The van der Waals surface area contributed by atoms with E-state index in [1.807, 2.05) is 4.90 Å². The zero-order valence-corrected chi connectivity index (χ0v) is 12.3. The first-order chi connectivity index (χ1) is 10.2. The molecule has 0 saturated carbocycles. The number of nitrogens with one attached hydrogen (secondary N) is 1. The van der Waals surface area contributed by atoms with Crippen molar-refractivity contribution < 1.29 is 9.18 Å². The summed E-state index contributed by atoms with van der Waals surface area (Å²) in [5.74, 6) is -0.351. The Bertz CT molecular complexity index is 698. The van der Waals surface area contributed by atoms with Crippen molar-refractivity contribution in [1.29, 1.82) is 0 Å². The molecular weight excluding hydrogens is 289 g/mol. The van der Waals surface area contributed by atoms with Crippen molar-refractivity contribution in [3.8, 4) is 5.69 Å². The minimum absolute atomic E-state index is 0.0358. The molecule has 0 radical (unpaired) electrons. The number of nitrogens with zero attached hydrogens (tertiary/aromatic N) is 2. The predicted octanol–water partition coefficient (Wildman–Crippen LogP) is 3.30. The summed E-state index contributed by atoms with van der Waals surface area (Å²) in [5, 5.41) is 0. The first-order valence-corrected chi connectivity index (χ1v) is 7.43. The highest BCUT2D eigenvalue weighted by Gasteiger charge is 2.22. The van der Waals surface area contributed by atoms with Crippen LogP contribution >= 0.6 is 12.2 Å². The number of amides is 1. The largest absolute Gasteiger partial charge is 0.337 e. The van der Waals surface area contributed by atoms with Crippen LogP contribution < -0.4 is 0 Å². The molecule has 1 fully saturated rings. The van der Waals surface area contributed by atoms with Gasteiger partial charge in [-0.2, -0.15) is 0 Å². The van der Waals surface area contributed by atoms with Crippen LogP contribution in [0.2, 0.25) is 0 Å². The zero-order valence-electron chi connectivity index (χ0n) is 11.5. The second kappa shape index (κ2) is 5.81. The van der Waals surface area contributed by atoms with Gasteiger partial charge in [0.1, 0.15) is 11.5 Å². The lowest BCUT2D eigenvalue weighted by atomic mass is 10.1. The number of carbonyl (C=O) groups excluding carboxylic acids is 1. The number of hydrogen-bond donors (Lipinski definition) is 1. The number of H-pyrrole nitrogens is 1. The van der Waals surface area contributed by atoms with Crippen LogP contribution in [0, 0.1) is 10.6 Å². The quantitative estimate of drug-likeness (QED) is 0.865. The molecule has 0 aliphatic carbocycles. The molecule has 21 heavy (non-hydrogen) atoms. The van der Waals surface area contributed by atoms with E-state index in [9.17, 15) is 9.18 Å². The van der Waals surface area contributed by atoms with Crippen LogP contribution in [0.1, 0.15) is 29.8 Å². The third-order valence-electron chi connectivity index (χ3n) is 3.72. The standard InChI is InChI=1S/C15H16FN3OS/c16-11-4-6-12(7-5-11)19-13(10-17-15(19)21)14(20)18-8-2-1-3-9-18/h4-7,10H,1-3,8-9H2,(H,17,21). The number of likely N-dealkylation sites (tertiary alicyclic amines) is 1. The second-order valence-corrected chi connectivity index (χ2v) is 5.53. The number of benzene rings is 1. The lowest BCUT2D eigenvalue weighted by Crippen LogP contribution is -2.36. The summed E-state index contributed by atoms with van der Waals surface area (Å²) in [6.07, 6.45) is 4.87. The molecule has 1 aromatic carbocycles. The van der Waals surface area contributed by atoms with Crippen LogP contribution in [-0.2, 0) is 0 Å². The van der Waals surface area contributed by atoms with Gasteiger partial charge < -0.3 is 9.88 Å². The van der Waals surface area contributed by atoms with Crippen molar-refractivity contribution in [1.82, 2.24) is 14.5 Å². The van der Waals surface area contributed by atoms with Crippen LogP contribution in [0.3, 0.4) is 0 Å². The Hall–Kier alpha value is -1.95. The first kappa shape index (κ1) is 14.0. The Morgan fingerprint density at radius 2 is 1.81 bits per heavy atom. The van der Waals surface area contributed by atoms with Crippen molar-refractivity contribution >= 4 is 18.1 Å². The number of halogens is 1. The van der Waals surface area contributed by atoms with E-state index in [4.69, 9.17) is 12.2 Å². The summed E-state index contributed by atoms with van der Waals surface area (Å²) >= 11 is 5.25. The summed E-state index contributed by atoms with van der Waals surface area (Å²) < 4.78 is 15.2. The highest BCUT2D eigenvalue weighted by atomic mass is 32.1. The number of carbonyl (C=O) groups is 1. The van der Waals surface area contributed by atoms with E-state index in [2.05, 4.69) is 4.98 Å². The molecule has 0 atom stereocenters. The number of piperidine rings is 1. The number of aromatic amines is 1. The Kier molecular flexibility index (Phi) is 3.88. The molecule has 3 rings (SSSR count). The maximum Gasteiger partial charge on any atom is 0.272 e. The van der Waals surface area contributed by atoms with Gasteiger partial charge in [-0.05, 0) is 55.7 Å². The fourth-order valence-electron chi connectivity index (χ4n) is 2.63. The maximum absolute atomic E-state index is 13.1. The Labute approximate surface area is 127 Å². The van der Waals surface area contributed by atoms with Crippen LogP contribution in [0.15, 0.2) is 30.5 Å². The number of rotatable bonds is 2. The Morgan fingerprint density at radius 3 is 2.48 bits per heavy atom. The van der Waals surface area contributed by atoms with Crippen LogP contribution in [0.4, 0.5) is 4.39 Å². The molecule has 1 aliphatic heterocycles. The predicted molar refractivity (Wildman–Crippen MR) is 80.7 cm³/mol. The third-order valence-corrected chi connectivity index (χ3v) is 4.02. The van der Waals surface area contributed by atoms with Crippen molar-refractivity contribution in [2.45, 2.75) is 19.3 Å². The minimum Gasteiger partial charge on any atom is -0.337 e. The first-order valence-electron chi connectivity index (χ1n) is 7.02. The van der Waals surface area contributed by atoms with Crippen molar-refractivity contribution in [3.05, 3.63) is 46.7 Å². The molecule has 110 valence electrons. The van der Waals surface area contributed by atoms with Gasteiger partial charge in [-0.1, -0.05) is 0 Å². The lowest BCUT2D eigenvalue weighted by Gasteiger charge is -2.26. The zero-order chi connectivity index (χ0) is 14.8. The highest BCUT2D eigenvalue weighted by molar-refractivity contribution is 7.71. The number of aromatic nitrogens is 2. The van der Waals surface area contributed by atoms with Crippen LogP contribution in [0.5, 0.6) is 0 Å². The molecule has 1 aliphatic rings. The summed E-state index contributed by atoms with van der Waals surface area (Å²) in [4.78, 5) is 17.4. The van der Waals surface area contributed by atoms with Gasteiger partial charge in [0.2, 0.25) is 0 Å². The molecule has 1 amide bonds. The van der Waals surface area contributed by atoms with E-state index in [0.717, 1.165) is 25.9 Å². The Morgan fingerprint density at radius 1 is 1.14 bits per heavy atom. The van der Waals surface area contributed by atoms with Crippen molar-refractivity contribution in [3.63, 3.8) is 0 Å². The van der Waals surface area contributed by atoms with Gasteiger partial charge in [0, 0.05) is 25.0 Å². The van der Waals surface area contributed by atoms with Crippen LogP contribution in [0.25, 0.3) is 5.69 Å². The molecule has 1 N–H and O–H groups in total. The molecule has 0 bridgehead atoms. The molecule has 0 unspecified atom stereocenters. The van der Waals surface area contributed by atoms with Gasteiger partial charge in [-0.3, -0.25) is 9.36 Å². The van der Waals surface area contributed by atoms with Crippen LogP contribution in [-0.4, -0.2) is 33.4 Å². The average Bonchev–Trinajstić information content (AvgIpc) is 2.90. The molecule has 2 heterocycles. The topological polar surface area (TPSA) is 41.0 Å². The van der Waals surface area contributed by atoms with Gasteiger partial charge in [-0.15, -0.1) is 0 Å². The third kappa shape index (κ3) is 2.76. The summed E-state index contributed by atoms with van der Waals surface area (Å²) in [6.45, 7) is 1.56. The second-order valence-electron chi connectivity index (χ2n) is 5.14. The highest BCUT2D eigenvalue weighted by Crippen LogP contribution is 2.17. The number of imidazole rings is 1. The minimum atomic E-state index is -0.315. The lowest BCUT2D eigenvalue weighted by molar-refractivity contribution is 0.0716. The van der Waals surface area contributed by atoms with E-state index in [0.29, 0.717) is 16.2 Å². The fraction of sp³-hybridized carbons (Fsp3) is 0.333. The summed E-state index contributed by atoms with van der Waals surface area (Å²) in [5.41, 5.74) is 1.18. The van der Waals surface area contributed by atoms with Gasteiger partial charge in [0.05, 0.1) is 0 Å². The van der Waals surface area contributed by atoms with Gasteiger partial charge >= 0.3 is 0 Å². The van der Waals surface area contributed by atoms with Gasteiger partial charge in [0.25, 0.3) is 5.91 Å². The van der Waals surface area contributed by atoms with Gasteiger partial charge in [0.15, 0.2) is 4.77 Å². The Balaban J connectivity index is 1.98. The van der Waals surface area contributed by atoms with E-state index in [1.165, 1.54) is 18.6 Å². The van der Waals surface area contributed by atoms with E-state index >= 15 is 0 Å².